The van der Waals surface area contributed by atoms with E-state index in [1.807, 2.05) is 0 Å². The van der Waals surface area contributed by atoms with Crippen molar-refractivity contribution in [3.63, 3.8) is 0 Å². The van der Waals surface area contributed by atoms with Crippen LogP contribution < -0.4 is 0 Å². The highest BCUT2D eigenvalue weighted by Gasteiger charge is 2.09. The van der Waals surface area contributed by atoms with Crippen molar-refractivity contribution in [2.24, 2.45) is 0 Å². The zero-order valence-electron chi connectivity index (χ0n) is 10.6. The van der Waals surface area contributed by atoms with Crippen LogP contribution in [0.1, 0.15) is 24.2 Å². The van der Waals surface area contributed by atoms with Gasteiger partial charge in [0.05, 0.1) is 6.10 Å². The third-order valence-corrected chi connectivity index (χ3v) is 3.82. The predicted molar refractivity (Wildman–Crippen MR) is 76.1 cm³/mol. The van der Waals surface area contributed by atoms with Gasteiger partial charge in [-0.2, -0.15) is 0 Å². The first-order chi connectivity index (χ1) is 8.22. The van der Waals surface area contributed by atoms with Crippen molar-refractivity contribution in [1.29, 1.82) is 0 Å². The molecular weight excluding hydrogens is 224 g/mol. The third kappa shape index (κ3) is 2.65. The highest BCUT2D eigenvalue weighted by Crippen LogP contribution is 2.29. The Bertz CT molecular complexity index is 491. The summed E-state index contributed by atoms with van der Waals surface area (Å²) in [6.07, 6.45) is 0.180. The summed E-state index contributed by atoms with van der Waals surface area (Å²) in [6.45, 7) is 4.22. The van der Waals surface area contributed by atoms with E-state index in [9.17, 15) is 0 Å². The summed E-state index contributed by atoms with van der Waals surface area (Å²) < 4.78 is 5.56. The maximum Gasteiger partial charge on any atom is 0.146 e. The molecule has 0 amide bonds. The van der Waals surface area contributed by atoms with E-state index < -0.39 is 0 Å². The molecule has 88 valence electrons. The molecule has 0 N–H and O–H groups in total. The zero-order valence-corrected chi connectivity index (χ0v) is 12.6. The minimum atomic E-state index is 0.180. The molecule has 1 nitrogen and oxygen atoms in total. The Morgan fingerprint density at radius 3 is 2.29 bits per heavy atom. The van der Waals surface area contributed by atoms with Gasteiger partial charge in [0, 0.05) is 0 Å². The fourth-order valence-corrected chi connectivity index (χ4v) is 2.23. The molecule has 0 aliphatic carbocycles. The molecule has 1 unspecified atom stereocenters. The minimum absolute atomic E-state index is 0.180. The number of rotatable bonds is 3. The third-order valence-electron chi connectivity index (χ3n) is 3.11. The van der Waals surface area contributed by atoms with Crippen LogP contribution in [0.5, 0.6) is 0 Å². The van der Waals surface area contributed by atoms with Crippen LogP contribution in [0, 0.1) is 6.92 Å². The molecule has 0 aliphatic rings. The number of aryl methyl sites for hydroxylation is 1. The van der Waals surface area contributed by atoms with Gasteiger partial charge in [-0.1, -0.05) is 54.1 Å². The van der Waals surface area contributed by atoms with Gasteiger partial charge in [0.25, 0.3) is 0 Å². The largest absolute Gasteiger partial charge is 0.421 e. The molecule has 1 atom stereocenters. The Hall–Kier alpha value is -1.38. The molecule has 2 aromatic rings. The summed E-state index contributed by atoms with van der Waals surface area (Å²) in [6, 6.07) is 17.1. The van der Waals surface area contributed by atoms with E-state index in [-0.39, 0.29) is 6.10 Å². The van der Waals surface area contributed by atoms with Crippen LogP contribution in [0.2, 0.25) is 0 Å². The monoisotopic (exact) mass is 242 g/mol. The molecule has 0 radical (unpaired) electrons. The quantitative estimate of drug-likeness (QED) is 0.752. The Morgan fingerprint density at radius 2 is 1.65 bits per heavy atom. The highest BCUT2D eigenvalue weighted by molar-refractivity contribution is 5.98. The van der Waals surface area contributed by atoms with Crippen molar-refractivity contribution >= 4 is 10.5 Å². The Labute approximate surface area is 106 Å². The lowest BCUT2D eigenvalue weighted by molar-refractivity contribution is 0.251. The average molecular weight is 242 g/mol. The summed E-state index contributed by atoms with van der Waals surface area (Å²) in [5.74, 6) is 0. The predicted octanol–water partition coefficient (Wildman–Crippen LogP) is 3.02. The van der Waals surface area contributed by atoms with Gasteiger partial charge in [0.1, 0.15) is 10.5 Å². The molecule has 0 bridgehead atoms. The maximum absolute atomic E-state index is 5.56. The van der Waals surface area contributed by atoms with Gasteiger partial charge in [0.15, 0.2) is 0 Å². The van der Waals surface area contributed by atoms with Crippen LogP contribution in [0.4, 0.5) is 0 Å². The van der Waals surface area contributed by atoms with Crippen LogP contribution in [0.3, 0.4) is 0 Å². The van der Waals surface area contributed by atoms with Crippen LogP contribution in [0.15, 0.2) is 48.5 Å². The average Bonchev–Trinajstić information content (AvgIpc) is 2.39. The van der Waals surface area contributed by atoms with Gasteiger partial charge in [-0.25, -0.2) is 0 Å². The van der Waals surface area contributed by atoms with E-state index in [4.69, 9.17) is 4.43 Å². The standard InChI is InChI=1S/C15H18OSi/c1-11-7-9-13(10-8-11)15-6-4-3-5-14(15)12(2)16-17/h3-10,12H,1-2,17H3. The Kier molecular flexibility index (Phi) is 3.77. The van der Waals surface area contributed by atoms with Crippen molar-refractivity contribution < 1.29 is 4.43 Å². The molecule has 0 heterocycles. The normalized spacial score (nSPS) is 12.6. The first kappa shape index (κ1) is 12.1. The smallest absolute Gasteiger partial charge is 0.146 e. The van der Waals surface area contributed by atoms with Gasteiger partial charge in [0.2, 0.25) is 0 Å². The topological polar surface area (TPSA) is 9.23 Å². The number of benzene rings is 2. The van der Waals surface area contributed by atoms with Crippen LogP contribution in [-0.2, 0) is 4.43 Å². The van der Waals surface area contributed by atoms with Gasteiger partial charge in [-0.05, 0) is 30.5 Å². The molecule has 0 saturated heterocycles. The lowest BCUT2D eigenvalue weighted by atomic mass is 9.96. The second-order valence-electron chi connectivity index (χ2n) is 4.33. The van der Waals surface area contributed by atoms with Crippen molar-refractivity contribution in [2.45, 2.75) is 20.0 Å². The highest BCUT2D eigenvalue weighted by atomic mass is 28.2. The maximum atomic E-state index is 5.56. The van der Waals surface area contributed by atoms with E-state index in [1.54, 1.807) is 0 Å². The van der Waals surface area contributed by atoms with E-state index in [0.29, 0.717) is 0 Å². The van der Waals surface area contributed by atoms with Crippen molar-refractivity contribution in [3.05, 3.63) is 59.7 Å². The molecule has 0 saturated carbocycles. The lowest BCUT2D eigenvalue weighted by Crippen LogP contribution is -1.99. The van der Waals surface area contributed by atoms with Gasteiger partial charge < -0.3 is 4.43 Å². The van der Waals surface area contributed by atoms with Crippen LogP contribution >= 0.6 is 0 Å². The van der Waals surface area contributed by atoms with E-state index >= 15 is 0 Å². The minimum Gasteiger partial charge on any atom is -0.421 e. The van der Waals surface area contributed by atoms with Gasteiger partial charge in [-0.3, -0.25) is 0 Å². The molecule has 0 spiro atoms. The fraction of sp³-hybridized carbons (Fsp3) is 0.200. The van der Waals surface area contributed by atoms with Crippen molar-refractivity contribution in [2.75, 3.05) is 0 Å². The number of hydrogen-bond acceptors (Lipinski definition) is 1. The van der Waals surface area contributed by atoms with E-state index in [0.717, 1.165) is 10.5 Å². The fourth-order valence-electron chi connectivity index (χ4n) is 1.97. The number of hydrogen-bond donors (Lipinski definition) is 0. The SMILES string of the molecule is Cc1ccc(-c2ccccc2C(C)O[SiH3])cc1. The molecule has 2 aromatic carbocycles. The van der Waals surface area contributed by atoms with E-state index in [2.05, 4.69) is 62.4 Å². The molecule has 0 aromatic heterocycles. The lowest BCUT2D eigenvalue weighted by Gasteiger charge is -2.15. The molecule has 2 heteroatoms. The molecular formula is C15H18OSi. The molecule has 0 aliphatic heterocycles. The van der Waals surface area contributed by atoms with Crippen molar-refractivity contribution in [1.82, 2.24) is 0 Å². The van der Waals surface area contributed by atoms with Crippen LogP contribution in [0.25, 0.3) is 11.1 Å². The molecule has 17 heavy (non-hydrogen) atoms. The summed E-state index contributed by atoms with van der Waals surface area (Å²) in [4.78, 5) is 0. The Balaban J connectivity index is 2.48. The van der Waals surface area contributed by atoms with Gasteiger partial charge >= 0.3 is 0 Å². The second kappa shape index (κ2) is 5.30. The van der Waals surface area contributed by atoms with Crippen molar-refractivity contribution in [3.8, 4) is 11.1 Å². The first-order valence-corrected chi connectivity index (χ1v) is 6.73. The molecule has 2 rings (SSSR count). The summed E-state index contributed by atoms with van der Waals surface area (Å²) in [5, 5.41) is 0. The zero-order chi connectivity index (χ0) is 12.3. The first-order valence-electron chi connectivity index (χ1n) is 5.91. The Morgan fingerprint density at radius 1 is 1.00 bits per heavy atom. The summed E-state index contributed by atoms with van der Waals surface area (Å²) >= 11 is 0. The summed E-state index contributed by atoms with van der Waals surface area (Å²) in [5.41, 5.74) is 5.09. The van der Waals surface area contributed by atoms with Gasteiger partial charge in [-0.15, -0.1) is 0 Å². The molecule has 0 fully saturated rings. The second-order valence-corrected chi connectivity index (χ2v) is 4.80. The van der Waals surface area contributed by atoms with E-state index in [1.165, 1.54) is 22.3 Å². The van der Waals surface area contributed by atoms with Crippen LogP contribution in [-0.4, -0.2) is 10.5 Å². The summed E-state index contributed by atoms with van der Waals surface area (Å²) in [7, 11) is 0.766.